The van der Waals surface area contributed by atoms with E-state index in [4.69, 9.17) is 10.3 Å². The number of hydrogen-bond acceptors (Lipinski definition) is 2. The maximum absolute atomic E-state index is 12.8. The third-order valence-corrected chi connectivity index (χ3v) is 1.93. The highest BCUT2D eigenvalue weighted by atomic mass is 19.1. The Morgan fingerprint density at radius 2 is 2.29 bits per heavy atom. The van der Waals surface area contributed by atoms with Gasteiger partial charge in [0.25, 0.3) is 5.78 Å². The molecule has 0 unspecified atom stereocenters. The fourth-order valence-corrected chi connectivity index (χ4v) is 1.25. The average Bonchev–Trinajstić information content (AvgIpc) is 2.20. The first kappa shape index (κ1) is 8.59. The molecule has 1 aromatic rings. The Morgan fingerprint density at radius 1 is 1.50 bits per heavy atom. The number of nitrogens with zero attached hydrogens (tertiary/aromatic N) is 2. The Kier molecular flexibility index (Phi) is 1.87. The normalized spacial score (nSPS) is 14.4. The zero-order valence-corrected chi connectivity index (χ0v) is 7.03. The number of benzene rings is 1. The third kappa shape index (κ3) is 1.20. The lowest BCUT2D eigenvalue weighted by Gasteiger charge is -2.12. The van der Waals surface area contributed by atoms with Crippen LogP contribution in [0, 0.1) is 5.82 Å². The van der Waals surface area contributed by atoms with E-state index < -0.39 is 11.6 Å². The van der Waals surface area contributed by atoms with Crippen LogP contribution < -0.4 is 4.74 Å². The maximum atomic E-state index is 12.8. The van der Waals surface area contributed by atoms with E-state index in [2.05, 4.69) is 4.79 Å². The van der Waals surface area contributed by atoms with Crippen LogP contribution in [0.25, 0.3) is 5.53 Å². The highest BCUT2D eigenvalue weighted by molar-refractivity contribution is 6.45. The fraction of sp³-hybridized carbons (Fsp3) is 0.111. The molecule has 0 spiro atoms. The van der Waals surface area contributed by atoms with E-state index in [0.29, 0.717) is 5.75 Å². The highest BCUT2D eigenvalue weighted by Crippen LogP contribution is 2.23. The number of carbonyl (C=O) groups is 1. The van der Waals surface area contributed by atoms with E-state index in [1.54, 1.807) is 0 Å². The molecule has 0 bridgehead atoms. The predicted molar refractivity (Wildman–Crippen MR) is 44.9 cm³/mol. The van der Waals surface area contributed by atoms with Crippen LogP contribution in [0.15, 0.2) is 18.2 Å². The van der Waals surface area contributed by atoms with Crippen LogP contribution in [0.3, 0.4) is 0 Å². The summed E-state index contributed by atoms with van der Waals surface area (Å²) in [6, 6.07) is 3.63. The Balaban J connectivity index is 2.59. The quantitative estimate of drug-likeness (QED) is 0.456. The van der Waals surface area contributed by atoms with Gasteiger partial charge in [0.1, 0.15) is 11.6 Å². The summed E-state index contributed by atoms with van der Waals surface area (Å²) in [6.45, 7) is -0.0893. The molecule has 0 saturated heterocycles. The van der Waals surface area contributed by atoms with E-state index in [1.165, 1.54) is 12.1 Å². The minimum Gasteiger partial charge on any atom is -0.480 e. The number of rotatable bonds is 0. The lowest BCUT2D eigenvalue weighted by molar-refractivity contribution is -0.0132. The summed E-state index contributed by atoms with van der Waals surface area (Å²) >= 11 is 0. The lowest BCUT2D eigenvalue weighted by atomic mass is 10.0. The molecule has 1 aliphatic heterocycles. The largest absolute Gasteiger partial charge is 0.480 e. The van der Waals surface area contributed by atoms with Gasteiger partial charge >= 0.3 is 5.71 Å². The molecule has 0 radical (unpaired) electrons. The van der Waals surface area contributed by atoms with Gasteiger partial charge < -0.3 is 10.3 Å². The van der Waals surface area contributed by atoms with Crippen molar-refractivity contribution >= 4 is 11.5 Å². The van der Waals surface area contributed by atoms with Crippen molar-refractivity contribution in [2.75, 3.05) is 6.61 Å². The molecule has 70 valence electrons. The molecule has 0 amide bonds. The van der Waals surface area contributed by atoms with Crippen molar-refractivity contribution in [3.63, 3.8) is 0 Å². The first-order valence-corrected chi connectivity index (χ1v) is 3.90. The predicted octanol–water partition coefficient (Wildman–Crippen LogP) is 1.07. The monoisotopic (exact) mass is 192 g/mol. The van der Waals surface area contributed by atoms with E-state index >= 15 is 0 Å². The molecule has 1 heterocycles. The summed E-state index contributed by atoms with van der Waals surface area (Å²) < 4.78 is 17.9. The molecule has 0 atom stereocenters. The van der Waals surface area contributed by atoms with E-state index in [0.717, 1.165) is 6.07 Å². The van der Waals surface area contributed by atoms with Gasteiger partial charge in [0.15, 0.2) is 6.61 Å². The minimum absolute atomic E-state index is 0.0871. The van der Waals surface area contributed by atoms with Crippen molar-refractivity contribution in [3.8, 4) is 5.75 Å². The van der Waals surface area contributed by atoms with Crippen LogP contribution in [0.5, 0.6) is 5.75 Å². The second-order valence-corrected chi connectivity index (χ2v) is 2.80. The standard InChI is InChI=1S/C9H5FN2O2/c10-5-1-2-8-6(3-5)9(13)7(12-11)4-14-8/h1-3H,4H2. The van der Waals surface area contributed by atoms with Crippen molar-refractivity contribution in [1.82, 2.24) is 0 Å². The smallest absolute Gasteiger partial charge is 0.376 e. The molecule has 0 N–H and O–H groups in total. The Labute approximate surface area is 78.5 Å². The molecule has 0 saturated carbocycles. The molecule has 1 aromatic carbocycles. The van der Waals surface area contributed by atoms with Gasteiger partial charge in [0.05, 0.1) is 5.56 Å². The van der Waals surface area contributed by atoms with Crippen molar-refractivity contribution in [2.24, 2.45) is 0 Å². The van der Waals surface area contributed by atoms with Crippen LogP contribution >= 0.6 is 0 Å². The topological polar surface area (TPSA) is 62.7 Å². The molecule has 0 fully saturated rings. The number of ketones is 1. The number of halogens is 1. The summed E-state index contributed by atoms with van der Waals surface area (Å²) in [6.07, 6.45) is 0. The van der Waals surface area contributed by atoms with Crippen molar-refractivity contribution in [1.29, 1.82) is 0 Å². The zero-order valence-electron chi connectivity index (χ0n) is 7.03. The number of fused-ring (bicyclic) bond motifs is 1. The van der Waals surface area contributed by atoms with Crippen LogP contribution in [0.4, 0.5) is 4.39 Å². The first-order chi connectivity index (χ1) is 6.72. The van der Waals surface area contributed by atoms with Crippen molar-refractivity contribution in [3.05, 3.63) is 35.1 Å². The second kappa shape index (κ2) is 3.05. The first-order valence-electron chi connectivity index (χ1n) is 3.90. The molecule has 1 aliphatic rings. The van der Waals surface area contributed by atoms with Gasteiger partial charge in [-0.1, -0.05) is 0 Å². The van der Waals surface area contributed by atoms with Crippen molar-refractivity contribution < 1.29 is 18.7 Å². The van der Waals surface area contributed by atoms with Gasteiger partial charge in [-0.2, -0.15) is 4.79 Å². The Morgan fingerprint density at radius 3 is 3.00 bits per heavy atom. The van der Waals surface area contributed by atoms with E-state index in [1.807, 2.05) is 0 Å². The zero-order chi connectivity index (χ0) is 10.1. The summed E-state index contributed by atoms with van der Waals surface area (Å²) in [7, 11) is 0. The van der Waals surface area contributed by atoms with E-state index in [-0.39, 0.29) is 17.9 Å². The van der Waals surface area contributed by atoms with Crippen LogP contribution in [-0.2, 0) is 0 Å². The second-order valence-electron chi connectivity index (χ2n) is 2.80. The van der Waals surface area contributed by atoms with Gasteiger partial charge in [-0.3, -0.25) is 4.79 Å². The van der Waals surface area contributed by atoms with E-state index in [9.17, 15) is 9.18 Å². The number of hydrogen-bond donors (Lipinski definition) is 0. The van der Waals surface area contributed by atoms with Gasteiger partial charge in [-0.05, 0) is 18.2 Å². The maximum Gasteiger partial charge on any atom is 0.376 e. The molecular formula is C9H5FN2O2. The third-order valence-electron chi connectivity index (χ3n) is 1.93. The summed E-state index contributed by atoms with van der Waals surface area (Å²) in [5, 5.41) is 0. The Hall–Kier alpha value is -2.00. The SMILES string of the molecule is [N-]=[N+]=C1COc2ccc(F)cc2C1=O. The number of Topliss-reactive ketones (excluding diaryl/α,β-unsaturated/α-hetero) is 1. The number of ether oxygens (including phenoxy) is 1. The van der Waals surface area contributed by atoms with Crippen molar-refractivity contribution in [2.45, 2.75) is 0 Å². The highest BCUT2D eigenvalue weighted by Gasteiger charge is 2.31. The molecule has 14 heavy (non-hydrogen) atoms. The van der Waals surface area contributed by atoms with Gasteiger partial charge in [-0.25, -0.2) is 4.39 Å². The summed E-state index contributed by atoms with van der Waals surface area (Å²) in [4.78, 5) is 14.2. The van der Waals surface area contributed by atoms with Crippen LogP contribution in [0.2, 0.25) is 0 Å². The Bertz CT molecular complexity index is 464. The molecule has 2 rings (SSSR count). The minimum atomic E-state index is -0.528. The summed E-state index contributed by atoms with van der Waals surface area (Å²) in [5.41, 5.74) is 8.41. The molecule has 4 nitrogen and oxygen atoms in total. The molecule has 0 aromatic heterocycles. The number of carbonyl (C=O) groups excluding carboxylic acids is 1. The van der Waals surface area contributed by atoms with Crippen LogP contribution in [0.1, 0.15) is 10.4 Å². The van der Waals surface area contributed by atoms with Crippen LogP contribution in [-0.4, -0.2) is 22.9 Å². The van der Waals surface area contributed by atoms with Gasteiger partial charge in [-0.15, -0.1) is 0 Å². The molecular weight excluding hydrogens is 187 g/mol. The average molecular weight is 192 g/mol. The lowest BCUT2D eigenvalue weighted by Crippen LogP contribution is -2.28. The molecule has 5 heteroatoms. The van der Waals surface area contributed by atoms with Gasteiger partial charge in [0, 0.05) is 0 Å². The fourth-order valence-electron chi connectivity index (χ4n) is 1.25. The molecule has 0 aliphatic carbocycles. The summed E-state index contributed by atoms with van der Waals surface area (Å²) in [5.74, 6) is -0.725. The van der Waals surface area contributed by atoms with Gasteiger partial charge in [0.2, 0.25) is 0 Å².